The highest BCUT2D eigenvalue weighted by atomic mass is 15.2. The van der Waals surface area contributed by atoms with Crippen LogP contribution in [0.2, 0.25) is 0 Å². The van der Waals surface area contributed by atoms with Crippen LogP contribution >= 0.6 is 0 Å². The smallest absolute Gasteiger partial charge is 0.0534 e. The molecule has 1 aliphatic heterocycles. The Labute approximate surface area is 110 Å². The Morgan fingerprint density at radius 1 is 1.44 bits per heavy atom. The van der Waals surface area contributed by atoms with Crippen LogP contribution in [0.3, 0.4) is 0 Å². The molecule has 1 N–H and O–H groups in total. The average Bonchev–Trinajstić information content (AvgIpc) is 2.75. The standard InChI is InChI=1S/C14H26N4/c1-12(2)18(10-13-4-6-15-7-5-13)11-14-8-16-17(3)9-14/h8-9,12-13,15H,4-7,10-11H2,1-3H3. The zero-order valence-electron chi connectivity index (χ0n) is 11.9. The van der Waals surface area contributed by atoms with E-state index in [4.69, 9.17) is 0 Å². The van der Waals surface area contributed by atoms with Crippen LogP contribution in [0.15, 0.2) is 12.4 Å². The molecule has 1 aliphatic rings. The lowest BCUT2D eigenvalue weighted by molar-refractivity contribution is 0.162. The molecule has 1 saturated heterocycles. The van der Waals surface area contributed by atoms with Crippen LogP contribution in [0.4, 0.5) is 0 Å². The Hall–Kier alpha value is -0.870. The van der Waals surface area contributed by atoms with Crippen molar-refractivity contribution in [1.82, 2.24) is 20.0 Å². The highest BCUT2D eigenvalue weighted by Gasteiger charge is 2.19. The van der Waals surface area contributed by atoms with Crippen molar-refractivity contribution in [3.63, 3.8) is 0 Å². The molecule has 1 aromatic heterocycles. The molecule has 2 heterocycles. The fraction of sp³-hybridized carbons (Fsp3) is 0.786. The van der Waals surface area contributed by atoms with Gasteiger partial charge in [-0.1, -0.05) is 0 Å². The zero-order valence-corrected chi connectivity index (χ0v) is 11.9. The Kier molecular flexibility index (Phi) is 4.78. The summed E-state index contributed by atoms with van der Waals surface area (Å²) in [6.45, 7) is 9.19. The molecule has 0 radical (unpaired) electrons. The summed E-state index contributed by atoms with van der Waals surface area (Å²) in [7, 11) is 1.98. The van der Waals surface area contributed by atoms with Gasteiger partial charge in [-0.05, 0) is 45.7 Å². The van der Waals surface area contributed by atoms with Crippen molar-refractivity contribution in [2.45, 2.75) is 39.3 Å². The number of hydrogen-bond acceptors (Lipinski definition) is 3. The van der Waals surface area contributed by atoms with Gasteiger partial charge in [0.15, 0.2) is 0 Å². The van der Waals surface area contributed by atoms with Gasteiger partial charge in [0.25, 0.3) is 0 Å². The van der Waals surface area contributed by atoms with Crippen LogP contribution in [0.25, 0.3) is 0 Å². The first-order valence-electron chi connectivity index (χ1n) is 7.07. The molecule has 2 rings (SSSR count). The maximum absolute atomic E-state index is 4.26. The van der Waals surface area contributed by atoms with Gasteiger partial charge in [0.2, 0.25) is 0 Å². The second-order valence-electron chi connectivity index (χ2n) is 5.74. The van der Waals surface area contributed by atoms with Gasteiger partial charge in [0.1, 0.15) is 0 Å². The predicted octanol–water partition coefficient (Wildman–Crippen LogP) is 1.63. The Morgan fingerprint density at radius 3 is 2.72 bits per heavy atom. The highest BCUT2D eigenvalue weighted by Crippen LogP contribution is 2.17. The van der Waals surface area contributed by atoms with E-state index >= 15 is 0 Å². The van der Waals surface area contributed by atoms with E-state index in [0.717, 1.165) is 12.5 Å². The maximum Gasteiger partial charge on any atom is 0.0534 e. The van der Waals surface area contributed by atoms with Crippen LogP contribution < -0.4 is 5.32 Å². The molecular weight excluding hydrogens is 224 g/mol. The van der Waals surface area contributed by atoms with Crippen molar-refractivity contribution in [3.05, 3.63) is 18.0 Å². The molecule has 1 fully saturated rings. The van der Waals surface area contributed by atoms with Crippen LogP contribution in [0.1, 0.15) is 32.3 Å². The van der Waals surface area contributed by atoms with E-state index in [0.29, 0.717) is 6.04 Å². The fourth-order valence-electron chi connectivity index (χ4n) is 2.64. The van der Waals surface area contributed by atoms with Gasteiger partial charge in [0, 0.05) is 37.9 Å². The minimum Gasteiger partial charge on any atom is -0.317 e. The number of aryl methyl sites for hydroxylation is 1. The molecule has 4 heteroatoms. The van der Waals surface area contributed by atoms with Gasteiger partial charge in [-0.3, -0.25) is 9.58 Å². The van der Waals surface area contributed by atoms with Crippen molar-refractivity contribution in [1.29, 1.82) is 0 Å². The van der Waals surface area contributed by atoms with Crippen molar-refractivity contribution >= 4 is 0 Å². The first-order chi connectivity index (χ1) is 8.65. The molecule has 0 aromatic carbocycles. The summed E-state index contributed by atoms with van der Waals surface area (Å²) >= 11 is 0. The lowest BCUT2D eigenvalue weighted by Gasteiger charge is -2.32. The maximum atomic E-state index is 4.26. The lowest BCUT2D eigenvalue weighted by atomic mass is 9.97. The first-order valence-corrected chi connectivity index (χ1v) is 7.07. The third-order valence-corrected chi connectivity index (χ3v) is 3.83. The SMILES string of the molecule is CC(C)N(Cc1cnn(C)c1)CC1CCNCC1. The molecule has 0 saturated carbocycles. The minimum atomic E-state index is 0.597. The second-order valence-corrected chi connectivity index (χ2v) is 5.74. The molecule has 0 bridgehead atoms. The van der Waals surface area contributed by atoms with Crippen molar-refractivity contribution in [3.8, 4) is 0 Å². The van der Waals surface area contributed by atoms with E-state index in [1.165, 1.54) is 38.0 Å². The van der Waals surface area contributed by atoms with E-state index in [1.54, 1.807) is 0 Å². The number of rotatable bonds is 5. The lowest BCUT2D eigenvalue weighted by Crippen LogP contribution is -2.39. The Morgan fingerprint density at radius 2 is 2.17 bits per heavy atom. The summed E-state index contributed by atoms with van der Waals surface area (Å²) < 4.78 is 1.89. The average molecular weight is 250 g/mol. The molecule has 0 spiro atoms. The van der Waals surface area contributed by atoms with E-state index in [9.17, 15) is 0 Å². The first kappa shape index (κ1) is 13.6. The minimum absolute atomic E-state index is 0.597. The van der Waals surface area contributed by atoms with E-state index in [-0.39, 0.29) is 0 Å². The molecule has 0 atom stereocenters. The van der Waals surface area contributed by atoms with Crippen LogP contribution in [-0.2, 0) is 13.6 Å². The molecule has 0 unspecified atom stereocenters. The largest absolute Gasteiger partial charge is 0.317 e. The molecular formula is C14H26N4. The zero-order chi connectivity index (χ0) is 13.0. The van der Waals surface area contributed by atoms with Gasteiger partial charge in [-0.15, -0.1) is 0 Å². The summed E-state index contributed by atoms with van der Waals surface area (Å²) in [5.41, 5.74) is 1.32. The third kappa shape index (κ3) is 3.82. The van der Waals surface area contributed by atoms with Gasteiger partial charge < -0.3 is 5.32 Å². The summed E-state index contributed by atoms with van der Waals surface area (Å²) in [6.07, 6.45) is 6.74. The molecule has 18 heavy (non-hydrogen) atoms. The second kappa shape index (κ2) is 6.34. The van der Waals surface area contributed by atoms with E-state index in [2.05, 4.69) is 35.4 Å². The van der Waals surface area contributed by atoms with Gasteiger partial charge >= 0.3 is 0 Å². The normalized spacial score (nSPS) is 17.8. The summed E-state index contributed by atoms with van der Waals surface area (Å²) in [5.74, 6) is 0.852. The van der Waals surface area contributed by atoms with Gasteiger partial charge in [0.05, 0.1) is 6.20 Å². The van der Waals surface area contributed by atoms with Crippen LogP contribution in [0.5, 0.6) is 0 Å². The summed E-state index contributed by atoms with van der Waals surface area (Å²) in [6, 6.07) is 0.597. The van der Waals surface area contributed by atoms with Crippen molar-refractivity contribution < 1.29 is 0 Å². The molecule has 0 amide bonds. The topological polar surface area (TPSA) is 33.1 Å². The number of nitrogens with zero attached hydrogens (tertiary/aromatic N) is 3. The molecule has 0 aliphatic carbocycles. The van der Waals surface area contributed by atoms with Crippen molar-refractivity contribution in [2.75, 3.05) is 19.6 Å². The van der Waals surface area contributed by atoms with Crippen molar-refractivity contribution in [2.24, 2.45) is 13.0 Å². The quantitative estimate of drug-likeness (QED) is 0.862. The van der Waals surface area contributed by atoms with E-state index < -0.39 is 0 Å². The summed E-state index contributed by atoms with van der Waals surface area (Å²) in [5, 5.41) is 7.69. The van der Waals surface area contributed by atoms with Crippen LogP contribution in [-0.4, -0.2) is 40.4 Å². The summed E-state index contributed by atoms with van der Waals surface area (Å²) in [4.78, 5) is 2.58. The molecule has 4 nitrogen and oxygen atoms in total. The number of aromatic nitrogens is 2. The monoisotopic (exact) mass is 250 g/mol. The number of piperidine rings is 1. The van der Waals surface area contributed by atoms with Gasteiger partial charge in [-0.2, -0.15) is 5.10 Å². The Balaban J connectivity index is 1.90. The predicted molar refractivity (Wildman–Crippen MR) is 74.3 cm³/mol. The fourth-order valence-corrected chi connectivity index (χ4v) is 2.64. The molecule has 102 valence electrons. The highest BCUT2D eigenvalue weighted by molar-refractivity contribution is 5.03. The van der Waals surface area contributed by atoms with Crippen LogP contribution in [0, 0.1) is 5.92 Å². The van der Waals surface area contributed by atoms with Gasteiger partial charge in [-0.25, -0.2) is 0 Å². The number of hydrogen-bond donors (Lipinski definition) is 1. The third-order valence-electron chi connectivity index (χ3n) is 3.83. The molecule has 1 aromatic rings. The number of nitrogens with one attached hydrogen (secondary N) is 1. The van der Waals surface area contributed by atoms with E-state index in [1.807, 2.05) is 17.9 Å². The Bertz CT molecular complexity index is 352.